The van der Waals surface area contributed by atoms with Crippen LogP contribution in [-0.4, -0.2) is 35.3 Å². The van der Waals surface area contributed by atoms with Crippen LogP contribution in [0.15, 0.2) is 22.3 Å². The Balaban J connectivity index is 1.36. The van der Waals surface area contributed by atoms with E-state index in [1.54, 1.807) is 12.4 Å². The lowest BCUT2D eigenvalue weighted by molar-refractivity contribution is 0.206. The lowest BCUT2D eigenvalue weighted by Crippen LogP contribution is -2.35. The number of aromatic nitrogens is 2. The van der Waals surface area contributed by atoms with E-state index in [1.165, 1.54) is 57.1 Å². The summed E-state index contributed by atoms with van der Waals surface area (Å²) >= 11 is 0.184. The van der Waals surface area contributed by atoms with Gasteiger partial charge in [-0.25, -0.2) is 9.97 Å². The average molecular weight is 407 g/mol. The van der Waals surface area contributed by atoms with Crippen LogP contribution in [0.1, 0.15) is 78.1 Å². The van der Waals surface area contributed by atoms with Crippen LogP contribution in [0.5, 0.6) is 0 Å². The first kappa shape index (κ1) is 21.5. The highest BCUT2D eigenvalue weighted by Gasteiger charge is 2.24. The smallest absolute Gasteiger partial charge is 0.225 e. The van der Waals surface area contributed by atoms with Gasteiger partial charge in [0, 0.05) is 50.6 Å². The molecular formula is C22H35FN4S. The van der Waals surface area contributed by atoms with E-state index >= 15 is 0 Å². The first-order valence-electron chi connectivity index (χ1n) is 10.9. The van der Waals surface area contributed by atoms with Crippen LogP contribution in [0.25, 0.3) is 0 Å². The van der Waals surface area contributed by atoms with E-state index in [-0.39, 0.29) is 12.1 Å². The first-order valence-corrected chi connectivity index (χ1v) is 11.7. The fraction of sp³-hybridized carbons (Fsp3) is 0.773. The standard InChI is InChI=1S/C22H35FN4S/c1-22(2,15-18-7-4-3-5-8-18)11-6-12-24-19-9-13-27(14-10-19)21-25-16-20(28-23)17-26-21/h16-18H,3-15H2,1-2H3. The highest BCUT2D eigenvalue weighted by molar-refractivity contribution is 7.94. The van der Waals surface area contributed by atoms with Crippen molar-refractivity contribution in [3.05, 3.63) is 12.4 Å². The molecule has 1 aliphatic carbocycles. The second kappa shape index (κ2) is 10.6. The van der Waals surface area contributed by atoms with Crippen molar-refractivity contribution in [1.82, 2.24) is 9.97 Å². The summed E-state index contributed by atoms with van der Waals surface area (Å²) in [5.74, 6) is 1.65. The van der Waals surface area contributed by atoms with Crippen molar-refractivity contribution in [3.63, 3.8) is 0 Å². The van der Waals surface area contributed by atoms with Gasteiger partial charge in [0.15, 0.2) is 0 Å². The van der Waals surface area contributed by atoms with Crippen molar-refractivity contribution in [2.75, 3.05) is 24.5 Å². The summed E-state index contributed by atoms with van der Waals surface area (Å²) in [4.78, 5) is 16.0. The van der Waals surface area contributed by atoms with Gasteiger partial charge in [0.25, 0.3) is 0 Å². The van der Waals surface area contributed by atoms with Crippen molar-refractivity contribution < 1.29 is 3.89 Å². The highest BCUT2D eigenvalue weighted by atomic mass is 32.2. The molecule has 6 heteroatoms. The molecule has 28 heavy (non-hydrogen) atoms. The topological polar surface area (TPSA) is 41.4 Å². The third-order valence-electron chi connectivity index (χ3n) is 6.24. The van der Waals surface area contributed by atoms with E-state index in [2.05, 4.69) is 28.7 Å². The lowest BCUT2D eigenvalue weighted by atomic mass is 9.74. The number of nitrogens with zero attached hydrogens (tertiary/aromatic N) is 4. The zero-order valence-electron chi connectivity index (χ0n) is 17.5. The Morgan fingerprint density at radius 2 is 1.82 bits per heavy atom. The second-order valence-electron chi connectivity index (χ2n) is 9.21. The van der Waals surface area contributed by atoms with Crippen molar-refractivity contribution >= 4 is 23.8 Å². The molecule has 1 saturated heterocycles. The Hall–Kier alpha value is -1.17. The molecule has 1 saturated carbocycles. The van der Waals surface area contributed by atoms with Crippen LogP contribution in [0, 0.1) is 11.3 Å². The number of hydrogen-bond donors (Lipinski definition) is 0. The Labute approximate surface area is 174 Å². The molecule has 0 N–H and O–H groups in total. The van der Waals surface area contributed by atoms with Gasteiger partial charge in [-0.2, -0.15) is 3.89 Å². The van der Waals surface area contributed by atoms with Gasteiger partial charge in [0.05, 0.1) is 17.0 Å². The van der Waals surface area contributed by atoms with Gasteiger partial charge in [-0.1, -0.05) is 46.0 Å². The molecule has 0 radical (unpaired) electrons. The van der Waals surface area contributed by atoms with Crippen LogP contribution in [0.3, 0.4) is 0 Å². The largest absolute Gasteiger partial charge is 0.340 e. The molecule has 0 bridgehead atoms. The van der Waals surface area contributed by atoms with Crippen LogP contribution >= 0.6 is 12.1 Å². The number of rotatable bonds is 8. The average Bonchev–Trinajstić information content (AvgIpc) is 2.72. The Morgan fingerprint density at radius 3 is 2.46 bits per heavy atom. The van der Waals surface area contributed by atoms with Gasteiger partial charge in [-0.05, 0) is 30.6 Å². The zero-order chi connectivity index (χ0) is 19.8. The Morgan fingerprint density at radius 1 is 1.14 bits per heavy atom. The van der Waals surface area contributed by atoms with Crippen LogP contribution in [-0.2, 0) is 0 Å². The van der Waals surface area contributed by atoms with E-state index in [1.807, 2.05) is 0 Å². The van der Waals surface area contributed by atoms with Crippen molar-refractivity contribution in [2.24, 2.45) is 16.3 Å². The molecule has 156 valence electrons. The molecule has 0 spiro atoms. The maximum absolute atomic E-state index is 12.5. The zero-order valence-corrected chi connectivity index (χ0v) is 18.3. The molecule has 3 rings (SSSR count). The van der Waals surface area contributed by atoms with E-state index in [0.29, 0.717) is 16.3 Å². The summed E-state index contributed by atoms with van der Waals surface area (Å²) in [5, 5.41) is 0. The van der Waals surface area contributed by atoms with E-state index < -0.39 is 0 Å². The molecule has 0 amide bonds. The van der Waals surface area contributed by atoms with E-state index in [4.69, 9.17) is 4.99 Å². The van der Waals surface area contributed by atoms with Crippen molar-refractivity contribution in [3.8, 4) is 0 Å². The van der Waals surface area contributed by atoms with Crippen molar-refractivity contribution in [2.45, 2.75) is 83.0 Å². The summed E-state index contributed by atoms with van der Waals surface area (Å²) in [6, 6.07) is 0. The fourth-order valence-electron chi connectivity index (χ4n) is 4.71. The van der Waals surface area contributed by atoms with Gasteiger partial charge in [-0.15, -0.1) is 0 Å². The van der Waals surface area contributed by atoms with Gasteiger partial charge in [0.2, 0.25) is 5.95 Å². The summed E-state index contributed by atoms with van der Waals surface area (Å²) < 4.78 is 12.5. The Kier molecular flexibility index (Phi) is 8.12. The predicted molar refractivity (Wildman–Crippen MR) is 117 cm³/mol. The van der Waals surface area contributed by atoms with E-state index in [9.17, 15) is 3.89 Å². The molecule has 2 fully saturated rings. The number of anilines is 1. The van der Waals surface area contributed by atoms with Crippen molar-refractivity contribution in [1.29, 1.82) is 0 Å². The molecule has 1 aliphatic heterocycles. The Bertz CT molecular complexity index is 616. The number of hydrogen-bond acceptors (Lipinski definition) is 5. The molecule has 0 unspecified atom stereocenters. The van der Waals surface area contributed by atoms with Gasteiger partial charge in [-0.3, -0.25) is 4.99 Å². The molecule has 2 aliphatic rings. The SMILES string of the molecule is CC(C)(CCCN=C1CCN(c2ncc(SF)cn2)CC1)CC1CCCCC1. The maximum Gasteiger partial charge on any atom is 0.225 e. The summed E-state index contributed by atoms with van der Waals surface area (Å²) in [6.07, 6.45) is 16.1. The second-order valence-corrected chi connectivity index (χ2v) is 9.83. The molecule has 1 aromatic rings. The summed E-state index contributed by atoms with van der Waals surface area (Å²) in [6.45, 7) is 7.64. The van der Waals surface area contributed by atoms with Gasteiger partial charge < -0.3 is 4.90 Å². The number of piperidine rings is 1. The third-order valence-corrected chi connectivity index (χ3v) is 6.63. The minimum absolute atomic E-state index is 0.184. The van der Waals surface area contributed by atoms with Crippen LogP contribution < -0.4 is 4.90 Å². The molecule has 0 aromatic carbocycles. The quantitative estimate of drug-likeness (QED) is 0.477. The summed E-state index contributed by atoms with van der Waals surface area (Å²) in [5.41, 5.74) is 1.78. The monoisotopic (exact) mass is 406 g/mol. The van der Waals surface area contributed by atoms with Crippen LogP contribution in [0.2, 0.25) is 0 Å². The fourth-order valence-corrected chi connectivity index (χ4v) is 4.89. The minimum atomic E-state index is 0.184. The maximum atomic E-state index is 12.5. The first-order chi connectivity index (χ1) is 13.6. The number of halogens is 1. The lowest BCUT2D eigenvalue weighted by Gasteiger charge is -2.32. The molecule has 1 aromatic heterocycles. The third kappa shape index (κ3) is 6.71. The highest BCUT2D eigenvalue weighted by Crippen LogP contribution is 2.37. The molecule has 2 heterocycles. The summed E-state index contributed by atoms with van der Waals surface area (Å²) in [7, 11) is 0. The minimum Gasteiger partial charge on any atom is -0.340 e. The molecular weight excluding hydrogens is 371 g/mol. The predicted octanol–water partition coefficient (Wildman–Crippen LogP) is 6.27. The van der Waals surface area contributed by atoms with E-state index in [0.717, 1.165) is 38.4 Å². The molecule has 0 atom stereocenters. The number of aliphatic imine (C=N–C) groups is 1. The normalized spacial score (nSPS) is 19.1. The van der Waals surface area contributed by atoms with Gasteiger partial charge >= 0.3 is 0 Å². The van der Waals surface area contributed by atoms with Gasteiger partial charge in [0.1, 0.15) is 0 Å². The van der Waals surface area contributed by atoms with Crippen LogP contribution in [0.4, 0.5) is 9.83 Å². The molecule has 4 nitrogen and oxygen atoms in total.